The van der Waals surface area contributed by atoms with Gasteiger partial charge in [-0.05, 0) is 50.6 Å². The van der Waals surface area contributed by atoms with E-state index in [0.717, 1.165) is 17.9 Å². The topological polar surface area (TPSA) is 89.0 Å². The summed E-state index contributed by atoms with van der Waals surface area (Å²) >= 11 is 1.27. The van der Waals surface area contributed by atoms with Gasteiger partial charge in [-0.3, -0.25) is 14.2 Å². The molecule has 2 heterocycles. The summed E-state index contributed by atoms with van der Waals surface area (Å²) in [5.74, 6) is 0.721. The molecule has 0 aliphatic rings. The molecule has 0 spiro atoms. The Bertz CT molecular complexity index is 1040. The molecule has 0 saturated carbocycles. The number of thioether (sulfide) groups is 1. The number of aromatic amines is 1. The molecule has 8 heteroatoms. The van der Waals surface area contributed by atoms with E-state index >= 15 is 0 Å². The molecule has 1 unspecified atom stereocenters. The minimum atomic E-state index is -0.162. The van der Waals surface area contributed by atoms with Crippen molar-refractivity contribution in [1.82, 2.24) is 14.5 Å². The molecular weight excluding hydrogens is 376 g/mol. The number of ether oxygens (including phenoxy) is 1. The third kappa shape index (κ3) is 4.22. The van der Waals surface area contributed by atoms with E-state index in [4.69, 9.17) is 4.74 Å². The second kappa shape index (κ2) is 8.52. The molecule has 148 valence electrons. The number of amides is 1. The maximum Gasteiger partial charge on any atom is 0.278 e. The standard InChI is InChI=1S/C20H24N4O3S/c1-5-13(3)24-19(26)18-16(10-12(2)21-18)23-20(24)28-11-17(25)22-14-6-8-15(27-4)9-7-14/h6-10,13,21H,5,11H2,1-4H3,(H,22,25). The summed E-state index contributed by atoms with van der Waals surface area (Å²) in [6.45, 7) is 5.89. The number of H-pyrrole nitrogens is 1. The van der Waals surface area contributed by atoms with Crippen LogP contribution in [0.5, 0.6) is 5.75 Å². The smallest absolute Gasteiger partial charge is 0.278 e. The minimum Gasteiger partial charge on any atom is -0.497 e. The first-order valence-electron chi connectivity index (χ1n) is 9.11. The highest BCUT2D eigenvalue weighted by Gasteiger charge is 2.18. The van der Waals surface area contributed by atoms with Crippen molar-refractivity contribution in [2.75, 3.05) is 18.2 Å². The molecule has 3 aromatic rings. The number of benzene rings is 1. The summed E-state index contributed by atoms with van der Waals surface area (Å²) in [6.07, 6.45) is 0.790. The van der Waals surface area contributed by atoms with E-state index in [1.165, 1.54) is 11.8 Å². The lowest BCUT2D eigenvalue weighted by molar-refractivity contribution is -0.113. The highest BCUT2D eigenvalue weighted by atomic mass is 32.2. The molecule has 0 radical (unpaired) electrons. The highest BCUT2D eigenvalue weighted by Crippen LogP contribution is 2.23. The number of carbonyl (C=O) groups excluding carboxylic acids is 1. The fourth-order valence-corrected chi connectivity index (χ4v) is 3.76. The van der Waals surface area contributed by atoms with Crippen LogP contribution >= 0.6 is 11.8 Å². The van der Waals surface area contributed by atoms with Crippen molar-refractivity contribution >= 4 is 34.4 Å². The average Bonchev–Trinajstić information content (AvgIpc) is 3.07. The predicted molar refractivity (Wildman–Crippen MR) is 112 cm³/mol. The largest absolute Gasteiger partial charge is 0.497 e. The molecule has 0 aliphatic heterocycles. The van der Waals surface area contributed by atoms with Gasteiger partial charge in [0.1, 0.15) is 11.3 Å². The van der Waals surface area contributed by atoms with Crippen LogP contribution < -0.4 is 15.6 Å². The summed E-state index contributed by atoms with van der Waals surface area (Å²) in [4.78, 5) is 33.0. The van der Waals surface area contributed by atoms with Crippen molar-refractivity contribution in [3.63, 3.8) is 0 Å². The van der Waals surface area contributed by atoms with Crippen LogP contribution in [-0.2, 0) is 4.79 Å². The molecule has 1 amide bonds. The number of methoxy groups -OCH3 is 1. The van der Waals surface area contributed by atoms with E-state index in [0.29, 0.717) is 21.9 Å². The molecule has 7 nitrogen and oxygen atoms in total. The van der Waals surface area contributed by atoms with Gasteiger partial charge in [0, 0.05) is 17.4 Å². The molecule has 0 bridgehead atoms. The molecule has 0 fully saturated rings. The number of rotatable bonds is 7. The number of nitrogens with zero attached hydrogens (tertiary/aromatic N) is 2. The van der Waals surface area contributed by atoms with Gasteiger partial charge in [0.25, 0.3) is 5.56 Å². The lowest BCUT2D eigenvalue weighted by Gasteiger charge is -2.17. The van der Waals surface area contributed by atoms with Gasteiger partial charge in [0.2, 0.25) is 5.91 Å². The Kier molecular flexibility index (Phi) is 6.08. The number of hydrogen-bond donors (Lipinski definition) is 2. The molecular formula is C20H24N4O3S. The maximum atomic E-state index is 12.9. The number of anilines is 1. The molecule has 28 heavy (non-hydrogen) atoms. The lowest BCUT2D eigenvalue weighted by atomic mass is 10.2. The Hall–Kier alpha value is -2.74. The molecule has 3 rings (SSSR count). The summed E-state index contributed by atoms with van der Waals surface area (Å²) in [5, 5.41) is 3.40. The van der Waals surface area contributed by atoms with Crippen molar-refractivity contribution in [3.8, 4) is 5.75 Å². The quantitative estimate of drug-likeness (QED) is 0.466. The van der Waals surface area contributed by atoms with Crippen molar-refractivity contribution in [1.29, 1.82) is 0 Å². The van der Waals surface area contributed by atoms with Crippen LogP contribution in [0.4, 0.5) is 5.69 Å². The average molecular weight is 401 g/mol. The second-order valence-electron chi connectivity index (χ2n) is 6.60. The van der Waals surface area contributed by atoms with Gasteiger partial charge >= 0.3 is 0 Å². The second-order valence-corrected chi connectivity index (χ2v) is 7.55. The summed E-state index contributed by atoms with van der Waals surface area (Å²) in [5.41, 5.74) is 2.60. The normalized spacial score (nSPS) is 12.1. The van der Waals surface area contributed by atoms with E-state index in [1.807, 2.05) is 26.8 Å². The zero-order valence-electron chi connectivity index (χ0n) is 16.4. The maximum absolute atomic E-state index is 12.9. The molecule has 0 saturated heterocycles. The van der Waals surface area contributed by atoms with Crippen LogP contribution in [0.15, 0.2) is 40.3 Å². The van der Waals surface area contributed by atoms with E-state index < -0.39 is 0 Å². The number of nitrogens with one attached hydrogen (secondary N) is 2. The van der Waals surface area contributed by atoms with Gasteiger partial charge in [-0.1, -0.05) is 18.7 Å². The zero-order valence-corrected chi connectivity index (χ0v) is 17.2. The van der Waals surface area contributed by atoms with Crippen molar-refractivity contribution in [3.05, 3.63) is 46.4 Å². The SMILES string of the molecule is CCC(C)n1c(SCC(=O)Nc2ccc(OC)cc2)nc2cc(C)[nH]c2c1=O. The van der Waals surface area contributed by atoms with Crippen molar-refractivity contribution in [2.45, 2.75) is 38.4 Å². The van der Waals surface area contributed by atoms with Gasteiger partial charge in [-0.25, -0.2) is 4.98 Å². The summed E-state index contributed by atoms with van der Waals surface area (Å²) < 4.78 is 6.78. The summed E-state index contributed by atoms with van der Waals surface area (Å²) in [7, 11) is 1.59. The Balaban J connectivity index is 1.80. The van der Waals surface area contributed by atoms with E-state index in [9.17, 15) is 9.59 Å². The Morgan fingerprint density at radius 3 is 2.71 bits per heavy atom. The van der Waals surface area contributed by atoms with Gasteiger partial charge < -0.3 is 15.0 Å². The number of fused-ring (bicyclic) bond motifs is 1. The van der Waals surface area contributed by atoms with Crippen LogP contribution in [0.1, 0.15) is 32.0 Å². The van der Waals surface area contributed by atoms with Crippen LogP contribution in [-0.4, -0.2) is 33.3 Å². The van der Waals surface area contributed by atoms with Gasteiger partial charge in [-0.15, -0.1) is 0 Å². The zero-order chi connectivity index (χ0) is 20.3. The first-order valence-corrected chi connectivity index (χ1v) is 10.1. The van der Waals surface area contributed by atoms with E-state index in [1.54, 1.807) is 35.9 Å². The lowest BCUT2D eigenvalue weighted by Crippen LogP contribution is -2.26. The van der Waals surface area contributed by atoms with Crippen molar-refractivity contribution < 1.29 is 9.53 Å². The fraction of sp³-hybridized carbons (Fsp3) is 0.350. The molecule has 1 atom stereocenters. The number of hydrogen-bond acceptors (Lipinski definition) is 5. The predicted octanol–water partition coefficient (Wildman–Crippen LogP) is 3.74. The third-order valence-electron chi connectivity index (χ3n) is 4.52. The Labute approximate surface area is 167 Å². The van der Waals surface area contributed by atoms with E-state index in [-0.39, 0.29) is 23.3 Å². The minimum absolute atomic E-state index is 0.0137. The van der Waals surface area contributed by atoms with Crippen molar-refractivity contribution in [2.24, 2.45) is 0 Å². The molecule has 2 N–H and O–H groups in total. The fourth-order valence-electron chi connectivity index (χ4n) is 2.86. The van der Waals surface area contributed by atoms with E-state index in [2.05, 4.69) is 15.3 Å². The number of aryl methyl sites for hydroxylation is 1. The van der Waals surface area contributed by atoms with Crippen LogP contribution in [0.3, 0.4) is 0 Å². The number of aromatic nitrogens is 3. The van der Waals surface area contributed by atoms with Gasteiger partial charge in [-0.2, -0.15) is 0 Å². The number of carbonyl (C=O) groups is 1. The third-order valence-corrected chi connectivity index (χ3v) is 5.48. The van der Waals surface area contributed by atoms with Gasteiger partial charge in [0.15, 0.2) is 5.16 Å². The first-order chi connectivity index (χ1) is 13.4. The summed E-state index contributed by atoms with van der Waals surface area (Å²) in [6, 6.07) is 8.96. The van der Waals surface area contributed by atoms with Crippen LogP contribution in [0.25, 0.3) is 11.0 Å². The highest BCUT2D eigenvalue weighted by molar-refractivity contribution is 7.99. The van der Waals surface area contributed by atoms with Crippen LogP contribution in [0.2, 0.25) is 0 Å². The Morgan fingerprint density at radius 2 is 2.07 bits per heavy atom. The first kappa shape index (κ1) is 20.0. The molecule has 1 aromatic carbocycles. The molecule has 0 aliphatic carbocycles. The Morgan fingerprint density at radius 1 is 1.36 bits per heavy atom. The molecule has 2 aromatic heterocycles. The monoisotopic (exact) mass is 400 g/mol. The van der Waals surface area contributed by atoms with Gasteiger partial charge in [0.05, 0.1) is 18.4 Å². The van der Waals surface area contributed by atoms with Crippen LogP contribution in [0, 0.1) is 6.92 Å².